The summed E-state index contributed by atoms with van der Waals surface area (Å²) in [6, 6.07) is 7.52. The Hall–Kier alpha value is -2.66. The van der Waals surface area contributed by atoms with Crippen molar-refractivity contribution >= 4 is 16.9 Å². The van der Waals surface area contributed by atoms with Crippen LogP contribution in [0.3, 0.4) is 0 Å². The number of carbonyl (C=O) groups excluding carboxylic acids is 1. The van der Waals surface area contributed by atoms with Crippen LogP contribution in [-0.2, 0) is 14.9 Å². The highest BCUT2D eigenvalue weighted by Gasteiger charge is 2.40. The molecule has 8 heteroatoms. The van der Waals surface area contributed by atoms with E-state index in [-0.39, 0.29) is 23.8 Å². The molecule has 1 aromatic heterocycles. The summed E-state index contributed by atoms with van der Waals surface area (Å²) in [6.07, 6.45) is 3.06. The minimum absolute atomic E-state index is 0.0107. The fourth-order valence-electron chi connectivity index (χ4n) is 4.22. The van der Waals surface area contributed by atoms with Crippen molar-refractivity contribution in [3.05, 3.63) is 29.5 Å². The maximum atomic E-state index is 12.9. The summed E-state index contributed by atoms with van der Waals surface area (Å²) in [5.74, 6) is 0.767. The summed E-state index contributed by atoms with van der Waals surface area (Å²) in [5, 5.41) is 10.8. The molecule has 2 heterocycles. The maximum absolute atomic E-state index is 12.9. The second-order valence-electron chi connectivity index (χ2n) is 7.93. The normalized spacial score (nSPS) is 19.0. The van der Waals surface area contributed by atoms with Gasteiger partial charge in [0.25, 0.3) is 0 Å². The van der Waals surface area contributed by atoms with Gasteiger partial charge in [0, 0.05) is 24.4 Å². The van der Waals surface area contributed by atoms with Gasteiger partial charge in [-0.1, -0.05) is 6.07 Å². The minimum Gasteiger partial charge on any atom is -0.465 e. The molecule has 1 aliphatic carbocycles. The van der Waals surface area contributed by atoms with E-state index in [0.29, 0.717) is 43.8 Å². The van der Waals surface area contributed by atoms with Crippen molar-refractivity contribution < 1.29 is 27.5 Å². The van der Waals surface area contributed by atoms with E-state index in [0.717, 1.165) is 24.2 Å². The van der Waals surface area contributed by atoms with Crippen LogP contribution in [0.5, 0.6) is 5.75 Å². The third-order valence-corrected chi connectivity index (χ3v) is 5.96. The molecular weight excluding hydrogens is 394 g/mol. The highest BCUT2D eigenvalue weighted by Crippen LogP contribution is 2.47. The van der Waals surface area contributed by atoms with E-state index in [1.54, 1.807) is 13.0 Å². The second-order valence-corrected chi connectivity index (χ2v) is 7.93. The van der Waals surface area contributed by atoms with E-state index in [1.807, 2.05) is 11.0 Å². The topological polar surface area (TPSA) is 75.7 Å². The fraction of sp³-hybridized carbons (Fsp3) is 0.545. The summed E-state index contributed by atoms with van der Waals surface area (Å²) in [5.41, 5.74) is 0.267. The molecule has 4 rings (SSSR count). The summed E-state index contributed by atoms with van der Waals surface area (Å²) in [6.45, 7) is 0.479. The van der Waals surface area contributed by atoms with Gasteiger partial charge in [0.2, 0.25) is 0 Å². The lowest BCUT2D eigenvalue weighted by atomic mass is 9.73. The molecule has 1 aromatic carbocycles. The number of alkyl halides is 2. The lowest BCUT2D eigenvalue weighted by Gasteiger charge is -2.37. The van der Waals surface area contributed by atoms with Gasteiger partial charge in [-0.2, -0.15) is 14.0 Å². The number of rotatable bonds is 7. The minimum atomic E-state index is -2.95. The number of nitrogens with zero attached hydrogens (tertiary/aromatic N) is 2. The Bertz CT molecular complexity index is 969. The average molecular weight is 418 g/mol. The summed E-state index contributed by atoms with van der Waals surface area (Å²) < 4.78 is 41.3. The summed E-state index contributed by atoms with van der Waals surface area (Å²) >= 11 is 0. The van der Waals surface area contributed by atoms with Gasteiger partial charge in [0.05, 0.1) is 24.6 Å². The monoisotopic (exact) mass is 418 g/mol. The molecular formula is C22H24F2N2O4. The molecule has 160 valence electrons. The first-order chi connectivity index (χ1) is 14.5. The second kappa shape index (κ2) is 8.23. The molecule has 2 aliphatic rings. The van der Waals surface area contributed by atoms with Gasteiger partial charge < -0.3 is 13.9 Å². The Labute approximate surface area is 173 Å². The number of likely N-dealkylation sites (tertiary alicyclic amines) is 1. The van der Waals surface area contributed by atoms with E-state index >= 15 is 0 Å². The van der Waals surface area contributed by atoms with Crippen LogP contribution in [0.1, 0.15) is 49.8 Å². The lowest BCUT2D eigenvalue weighted by Crippen LogP contribution is -2.44. The Kier molecular flexibility index (Phi) is 5.65. The Balaban J connectivity index is 1.64. The molecule has 1 saturated carbocycles. The zero-order valence-corrected chi connectivity index (χ0v) is 16.8. The van der Waals surface area contributed by atoms with Crippen molar-refractivity contribution in [2.45, 2.75) is 50.6 Å². The van der Waals surface area contributed by atoms with Gasteiger partial charge in [-0.05, 0) is 50.3 Å². The molecule has 1 aliphatic heterocycles. The Morgan fingerprint density at radius 1 is 1.37 bits per heavy atom. The molecule has 0 radical (unpaired) electrons. The quantitative estimate of drug-likeness (QED) is 0.623. The van der Waals surface area contributed by atoms with Crippen LogP contribution >= 0.6 is 0 Å². The van der Waals surface area contributed by atoms with Crippen LogP contribution in [-0.4, -0.2) is 43.7 Å². The number of piperidine rings is 1. The smallest absolute Gasteiger partial charge is 0.387 e. The third kappa shape index (κ3) is 3.99. The standard InChI is InChI=1S/C22H24F2N2O4/c1-2-28-19(27)12-26-9-7-22(13-25,8-10-26)16-5-6-17(30-21(23)24)20-15(16)11-18(29-20)14-3-4-14/h5-6,11,14,21H,2-4,7-10,12H2,1H3. The van der Waals surface area contributed by atoms with E-state index in [1.165, 1.54) is 6.07 Å². The van der Waals surface area contributed by atoms with E-state index in [4.69, 9.17) is 9.15 Å². The predicted octanol–water partition coefficient (Wildman–Crippen LogP) is 4.33. The zero-order valence-electron chi connectivity index (χ0n) is 16.8. The molecule has 0 atom stereocenters. The number of fused-ring (bicyclic) bond motifs is 1. The molecule has 0 spiro atoms. The molecule has 0 bridgehead atoms. The van der Waals surface area contributed by atoms with Gasteiger partial charge in [-0.3, -0.25) is 9.69 Å². The number of nitriles is 1. The Morgan fingerprint density at radius 2 is 2.10 bits per heavy atom. The summed E-state index contributed by atoms with van der Waals surface area (Å²) in [7, 11) is 0. The largest absolute Gasteiger partial charge is 0.465 e. The number of hydrogen-bond donors (Lipinski definition) is 0. The van der Waals surface area contributed by atoms with Crippen molar-refractivity contribution in [3.8, 4) is 11.8 Å². The highest BCUT2D eigenvalue weighted by molar-refractivity contribution is 5.88. The number of ether oxygens (including phenoxy) is 2. The van der Waals surface area contributed by atoms with Gasteiger partial charge in [-0.25, -0.2) is 0 Å². The molecule has 1 saturated heterocycles. The van der Waals surface area contributed by atoms with Crippen LogP contribution in [0, 0.1) is 11.3 Å². The van der Waals surface area contributed by atoms with Crippen LogP contribution in [0.4, 0.5) is 8.78 Å². The van der Waals surface area contributed by atoms with E-state index in [2.05, 4.69) is 10.8 Å². The van der Waals surface area contributed by atoms with Crippen molar-refractivity contribution in [1.82, 2.24) is 4.90 Å². The number of hydrogen-bond acceptors (Lipinski definition) is 6. The maximum Gasteiger partial charge on any atom is 0.387 e. The first kappa shape index (κ1) is 20.6. The average Bonchev–Trinajstić information content (AvgIpc) is 3.47. The molecule has 0 unspecified atom stereocenters. The SMILES string of the molecule is CCOC(=O)CN1CCC(C#N)(c2ccc(OC(F)F)c3oc(C4CC4)cc23)CC1. The molecule has 30 heavy (non-hydrogen) atoms. The van der Waals surface area contributed by atoms with Crippen molar-refractivity contribution in [2.24, 2.45) is 0 Å². The molecule has 6 nitrogen and oxygen atoms in total. The van der Waals surface area contributed by atoms with Crippen molar-refractivity contribution in [2.75, 3.05) is 26.2 Å². The number of benzene rings is 1. The number of furan rings is 1. The molecule has 2 fully saturated rings. The molecule has 2 aromatic rings. The van der Waals surface area contributed by atoms with Gasteiger partial charge in [0.15, 0.2) is 11.3 Å². The third-order valence-electron chi connectivity index (χ3n) is 5.96. The number of halogens is 2. The predicted molar refractivity (Wildman–Crippen MR) is 104 cm³/mol. The van der Waals surface area contributed by atoms with Gasteiger partial charge >= 0.3 is 12.6 Å². The van der Waals surface area contributed by atoms with Crippen LogP contribution in [0.2, 0.25) is 0 Å². The van der Waals surface area contributed by atoms with Crippen molar-refractivity contribution in [3.63, 3.8) is 0 Å². The first-order valence-electron chi connectivity index (χ1n) is 10.3. The van der Waals surface area contributed by atoms with Crippen LogP contribution in [0.25, 0.3) is 11.0 Å². The number of carbonyl (C=O) groups is 1. The first-order valence-corrected chi connectivity index (χ1v) is 10.3. The van der Waals surface area contributed by atoms with Crippen molar-refractivity contribution in [1.29, 1.82) is 5.26 Å². The van der Waals surface area contributed by atoms with E-state index in [9.17, 15) is 18.8 Å². The van der Waals surface area contributed by atoms with Crippen LogP contribution < -0.4 is 4.74 Å². The lowest BCUT2D eigenvalue weighted by molar-refractivity contribution is -0.144. The summed E-state index contributed by atoms with van der Waals surface area (Å²) in [4.78, 5) is 13.7. The molecule has 0 amide bonds. The zero-order chi connectivity index (χ0) is 21.3. The van der Waals surface area contributed by atoms with E-state index < -0.39 is 12.0 Å². The Morgan fingerprint density at radius 3 is 2.70 bits per heavy atom. The van der Waals surface area contributed by atoms with Gasteiger partial charge in [-0.15, -0.1) is 0 Å². The highest BCUT2D eigenvalue weighted by atomic mass is 19.3. The van der Waals surface area contributed by atoms with Gasteiger partial charge in [0.1, 0.15) is 5.76 Å². The number of esters is 1. The fourth-order valence-corrected chi connectivity index (χ4v) is 4.22. The molecule has 0 N–H and O–H groups in total. The van der Waals surface area contributed by atoms with Crippen LogP contribution in [0.15, 0.2) is 22.6 Å².